The summed E-state index contributed by atoms with van der Waals surface area (Å²) in [6, 6.07) is 11.5. The molecule has 2 aromatic carbocycles. The second kappa shape index (κ2) is 7.67. The van der Waals surface area contributed by atoms with E-state index in [0.29, 0.717) is 11.5 Å². The number of rotatable bonds is 4. The number of benzene rings is 2. The van der Waals surface area contributed by atoms with Crippen molar-refractivity contribution < 1.29 is 14.2 Å². The highest BCUT2D eigenvalue weighted by Gasteiger charge is 2.09. The van der Waals surface area contributed by atoms with Gasteiger partial charge in [-0.25, -0.2) is 0 Å². The quantitative estimate of drug-likeness (QED) is 0.633. The minimum atomic E-state index is 0.680. The highest BCUT2D eigenvalue weighted by Crippen LogP contribution is 2.34. The molecule has 0 spiro atoms. The zero-order chi connectivity index (χ0) is 15.9. The van der Waals surface area contributed by atoms with Crippen LogP contribution in [0.2, 0.25) is 0 Å². The van der Waals surface area contributed by atoms with Gasteiger partial charge in [-0.2, -0.15) is 0 Å². The van der Waals surface area contributed by atoms with Crippen LogP contribution in [0.1, 0.15) is 11.1 Å². The van der Waals surface area contributed by atoms with E-state index in [2.05, 4.69) is 11.8 Å². The summed E-state index contributed by atoms with van der Waals surface area (Å²) in [7, 11) is 4.90. The first-order valence-electron chi connectivity index (χ1n) is 6.68. The Labute approximate surface area is 135 Å². The summed E-state index contributed by atoms with van der Waals surface area (Å²) in [5, 5.41) is 0. The third-order valence-corrected chi connectivity index (χ3v) is 3.91. The van der Waals surface area contributed by atoms with E-state index in [4.69, 9.17) is 14.2 Å². The Balaban J connectivity index is 2.37. The van der Waals surface area contributed by atoms with Crippen molar-refractivity contribution in [1.29, 1.82) is 0 Å². The van der Waals surface area contributed by atoms with Gasteiger partial charge in [-0.15, -0.1) is 11.8 Å². The summed E-state index contributed by atoms with van der Waals surface area (Å²) in [6.07, 6.45) is 2.01. The Kier molecular flexibility index (Phi) is 5.62. The number of hydrogen-bond acceptors (Lipinski definition) is 4. The maximum absolute atomic E-state index is 5.34. The zero-order valence-corrected chi connectivity index (χ0v) is 13.9. The molecule has 0 saturated heterocycles. The molecule has 2 aromatic rings. The highest BCUT2D eigenvalue weighted by atomic mass is 32.2. The normalized spacial score (nSPS) is 9.64. The molecule has 2 rings (SSSR count). The van der Waals surface area contributed by atoms with Crippen molar-refractivity contribution in [2.75, 3.05) is 27.6 Å². The first-order chi connectivity index (χ1) is 10.7. The van der Waals surface area contributed by atoms with Gasteiger partial charge >= 0.3 is 0 Å². The average Bonchev–Trinajstić information content (AvgIpc) is 2.59. The molecule has 22 heavy (non-hydrogen) atoms. The van der Waals surface area contributed by atoms with Crippen LogP contribution in [-0.4, -0.2) is 27.6 Å². The first-order valence-corrected chi connectivity index (χ1v) is 7.90. The molecule has 0 atom stereocenters. The van der Waals surface area contributed by atoms with Gasteiger partial charge in [0.1, 0.15) is 5.75 Å². The van der Waals surface area contributed by atoms with Crippen molar-refractivity contribution in [3.8, 4) is 29.1 Å². The van der Waals surface area contributed by atoms with E-state index < -0.39 is 0 Å². The van der Waals surface area contributed by atoms with E-state index >= 15 is 0 Å². The minimum Gasteiger partial charge on any atom is -0.497 e. The molecular formula is C18H18O3S. The molecule has 0 N–H and O–H groups in total. The van der Waals surface area contributed by atoms with Gasteiger partial charge in [0.05, 0.1) is 21.3 Å². The van der Waals surface area contributed by atoms with Crippen molar-refractivity contribution in [3.63, 3.8) is 0 Å². The molecule has 0 aliphatic heterocycles. The lowest BCUT2D eigenvalue weighted by atomic mass is 10.1. The zero-order valence-electron chi connectivity index (χ0n) is 13.1. The van der Waals surface area contributed by atoms with Gasteiger partial charge in [-0.1, -0.05) is 11.8 Å². The molecule has 0 saturated carbocycles. The van der Waals surface area contributed by atoms with Gasteiger partial charge in [0, 0.05) is 22.1 Å². The van der Waals surface area contributed by atoms with E-state index in [1.807, 2.05) is 42.7 Å². The Bertz CT molecular complexity index is 697. The molecule has 0 aromatic heterocycles. The molecule has 0 heterocycles. The Morgan fingerprint density at radius 3 is 2.00 bits per heavy atom. The molecule has 0 unspecified atom stereocenters. The lowest BCUT2D eigenvalue weighted by Crippen LogP contribution is -1.93. The maximum atomic E-state index is 5.34. The summed E-state index contributed by atoms with van der Waals surface area (Å²) >= 11 is 1.63. The van der Waals surface area contributed by atoms with Crippen molar-refractivity contribution in [2.45, 2.75) is 4.90 Å². The van der Waals surface area contributed by atoms with Crippen LogP contribution in [-0.2, 0) is 0 Å². The van der Waals surface area contributed by atoms with Crippen LogP contribution in [0.4, 0.5) is 0 Å². The van der Waals surface area contributed by atoms with E-state index in [-0.39, 0.29) is 0 Å². The predicted molar refractivity (Wildman–Crippen MR) is 90.3 cm³/mol. The van der Waals surface area contributed by atoms with Crippen LogP contribution in [0.25, 0.3) is 0 Å². The molecule has 114 valence electrons. The number of thioether (sulfide) groups is 1. The van der Waals surface area contributed by atoms with Crippen LogP contribution in [0, 0.1) is 11.8 Å². The van der Waals surface area contributed by atoms with Gasteiger partial charge in [-0.3, -0.25) is 0 Å². The fourth-order valence-corrected chi connectivity index (χ4v) is 2.50. The molecule has 0 bridgehead atoms. The lowest BCUT2D eigenvalue weighted by molar-refractivity contribution is 0.354. The maximum Gasteiger partial charge on any atom is 0.162 e. The molecule has 0 aliphatic rings. The minimum absolute atomic E-state index is 0.680. The number of ether oxygens (including phenoxy) is 3. The fourth-order valence-electron chi connectivity index (χ4n) is 1.94. The summed E-state index contributed by atoms with van der Waals surface area (Å²) in [4.78, 5) is 1.05. The predicted octanol–water partition coefficient (Wildman–Crippen LogP) is 3.83. The smallest absolute Gasteiger partial charge is 0.162 e. The third-order valence-electron chi connectivity index (χ3n) is 3.14. The van der Waals surface area contributed by atoms with E-state index in [9.17, 15) is 0 Å². The molecule has 0 aliphatic carbocycles. The highest BCUT2D eigenvalue weighted by molar-refractivity contribution is 7.98. The molecule has 0 radical (unpaired) electrons. The van der Waals surface area contributed by atoms with Crippen molar-refractivity contribution in [2.24, 2.45) is 0 Å². The average molecular weight is 314 g/mol. The van der Waals surface area contributed by atoms with Crippen LogP contribution in [0.5, 0.6) is 17.2 Å². The van der Waals surface area contributed by atoms with Crippen LogP contribution in [0.3, 0.4) is 0 Å². The SMILES string of the molecule is COc1ccc(C#Cc2cc(OC)c(OC)cc2SC)cc1. The largest absolute Gasteiger partial charge is 0.497 e. The number of methoxy groups -OCH3 is 3. The Morgan fingerprint density at radius 1 is 0.818 bits per heavy atom. The topological polar surface area (TPSA) is 27.7 Å². The van der Waals surface area contributed by atoms with E-state index in [0.717, 1.165) is 21.8 Å². The monoisotopic (exact) mass is 314 g/mol. The van der Waals surface area contributed by atoms with Crippen molar-refractivity contribution in [3.05, 3.63) is 47.5 Å². The van der Waals surface area contributed by atoms with E-state index in [1.54, 1.807) is 33.1 Å². The van der Waals surface area contributed by atoms with Crippen molar-refractivity contribution in [1.82, 2.24) is 0 Å². The summed E-state index contributed by atoms with van der Waals surface area (Å²) in [5.41, 5.74) is 1.85. The molecule has 3 nitrogen and oxygen atoms in total. The van der Waals surface area contributed by atoms with Crippen LogP contribution >= 0.6 is 11.8 Å². The van der Waals surface area contributed by atoms with Gasteiger partial charge in [0.25, 0.3) is 0 Å². The number of hydrogen-bond donors (Lipinski definition) is 0. The standard InChI is InChI=1S/C18H18O3S/c1-19-15-9-6-13(7-10-15)5-8-14-11-16(20-2)17(21-3)12-18(14)22-4/h6-7,9-12H,1-4H3. The summed E-state index contributed by atoms with van der Waals surface area (Å²) in [6.45, 7) is 0. The molecule has 0 amide bonds. The Morgan fingerprint density at radius 2 is 1.45 bits per heavy atom. The lowest BCUT2D eigenvalue weighted by Gasteiger charge is -2.10. The summed E-state index contributed by atoms with van der Waals surface area (Å²) in [5.74, 6) is 8.57. The Hall–Kier alpha value is -2.25. The molecule has 0 fully saturated rings. The van der Waals surface area contributed by atoms with Crippen LogP contribution < -0.4 is 14.2 Å². The van der Waals surface area contributed by atoms with Gasteiger partial charge in [-0.05, 0) is 36.6 Å². The molecule has 4 heteroatoms. The second-order valence-corrected chi connectivity index (χ2v) is 5.23. The van der Waals surface area contributed by atoms with Gasteiger partial charge in [0.2, 0.25) is 0 Å². The second-order valence-electron chi connectivity index (χ2n) is 4.39. The van der Waals surface area contributed by atoms with Crippen molar-refractivity contribution >= 4 is 11.8 Å². The van der Waals surface area contributed by atoms with Gasteiger partial charge in [0.15, 0.2) is 11.5 Å². The third kappa shape index (κ3) is 3.69. The summed E-state index contributed by atoms with van der Waals surface area (Å²) < 4.78 is 15.8. The molecular weight excluding hydrogens is 296 g/mol. The first kappa shape index (κ1) is 16.1. The van der Waals surface area contributed by atoms with E-state index in [1.165, 1.54) is 0 Å². The van der Waals surface area contributed by atoms with Gasteiger partial charge < -0.3 is 14.2 Å². The van der Waals surface area contributed by atoms with Crippen LogP contribution in [0.15, 0.2) is 41.3 Å². The fraction of sp³-hybridized carbons (Fsp3) is 0.222.